The second-order valence-corrected chi connectivity index (χ2v) is 16.1. The highest BCUT2D eigenvalue weighted by Crippen LogP contribution is 2.59. The Hall–Kier alpha value is -7.42. The molecule has 0 fully saturated rings. The average molecular weight is 754 g/mol. The Labute approximate surface area is 344 Å². The third-order valence-electron chi connectivity index (χ3n) is 13.2. The molecule has 0 amide bonds. The summed E-state index contributed by atoms with van der Waals surface area (Å²) in [7, 11) is 0. The number of hydrogen-bond donors (Lipinski definition) is 0. The summed E-state index contributed by atoms with van der Waals surface area (Å²) in [5.41, 5.74) is 18.0. The lowest BCUT2D eigenvalue weighted by Gasteiger charge is -2.37. The molecule has 0 saturated carbocycles. The Balaban J connectivity index is 1.19. The molecule has 2 nitrogen and oxygen atoms in total. The third-order valence-corrected chi connectivity index (χ3v) is 13.2. The average Bonchev–Trinajstić information content (AvgIpc) is 3.91. The quantitative estimate of drug-likeness (QED) is 0.168. The Bertz CT molecular complexity index is 3150. The zero-order valence-electron chi connectivity index (χ0n) is 32.6. The summed E-state index contributed by atoms with van der Waals surface area (Å²) >= 11 is 0. The van der Waals surface area contributed by atoms with Crippen molar-refractivity contribution in [1.29, 1.82) is 0 Å². The van der Waals surface area contributed by atoms with Gasteiger partial charge < -0.3 is 9.32 Å². The standard InChI is InChI=1S/C57H39NO/c1-56(48-29-15-11-25-42(48)43-26-12-16-30-49(43)56)52-36-47-46-28-14-18-32-54(46)59-55(47)37-53(52)58(40-23-9-4-10-24-40)41-33-34-45-44-27-13-17-31-50(44)57(51(45)35-41,38-19-5-2-6-20-38)39-21-7-3-8-22-39/h2-37H,1H3. The van der Waals surface area contributed by atoms with Crippen LogP contribution in [0.25, 0.3) is 44.2 Å². The lowest BCUT2D eigenvalue weighted by molar-refractivity contribution is 0.667. The van der Waals surface area contributed by atoms with Crippen molar-refractivity contribution in [2.45, 2.75) is 17.8 Å². The smallest absolute Gasteiger partial charge is 0.137 e. The van der Waals surface area contributed by atoms with Crippen LogP contribution in [-0.2, 0) is 10.8 Å². The summed E-state index contributed by atoms with van der Waals surface area (Å²) in [5, 5.41) is 2.24. The molecule has 0 spiro atoms. The molecule has 0 unspecified atom stereocenters. The minimum absolute atomic E-state index is 0.479. The summed E-state index contributed by atoms with van der Waals surface area (Å²) in [4.78, 5) is 2.47. The van der Waals surface area contributed by atoms with Crippen molar-refractivity contribution in [3.05, 3.63) is 257 Å². The van der Waals surface area contributed by atoms with E-state index in [1.165, 1.54) is 61.2 Å². The molecule has 0 radical (unpaired) electrons. The van der Waals surface area contributed by atoms with Crippen LogP contribution in [0.2, 0.25) is 0 Å². The highest BCUT2D eigenvalue weighted by molar-refractivity contribution is 6.07. The van der Waals surface area contributed by atoms with Gasteiger partial charge >= 0.3 is 0 Å². The van der Waals surface area contributed by atoms with Gasteiger partial charge in [-0.25, -0.2) is 0 Å². The molecule has 59 heavy (non-hydrogen) atoms. The van der Waals surface area contributed by atoms with Crippen LogP contribution in [-0.4, -0.2) is 0 Å². The Morgan fingerprint density at radius 2 is 0.864 bits per heavy atom. The highest BCUT2D eigenvalue weighted by atomic mass is 16.3. The summed E-state index contributed by atoms with van der Waals surface area (Å²) in [5.74, 6) is 0. The van der Waals surface area contributed by atoms with Crippen molar-refractivity contribution >= 4 is 39.0 Å². The predicted octanol–water partition coefficient (Wildman–Crippen LogP) is 14.8. The summed E-state index contributed by atoms with van der Waals surface area (Å²) < 4.78 is 6.74. The molecule has 2 aliphatic carbocycles. The normalized spacial score (nSPS) is 14.1. The number of benzene rings is 9. The van der Waals surface area contributed by atoms with Crippen molar-refractivity contribution in [3.8, 4) is 22.3 Å². The second-order valence-electron chi connectivity index (χ2n) is 16.1. The number of rotatable bonds is 6. The van der Waals surface area contributed by atoms with Crippen LogP contribution < -0.4 is 4.90 Å². The Morgan fingerprint density at radius 1 is 0.356 bits per heavy atom. The molecule has 2 heteroatoms. The molecule has 1 aromatic heterocycles. The maximum atomic E-state index is 6.74. The molecular formula is C57H39NO. The van der Waals surface area contributed by atoms with E-state index in [4.69, 9.17) is 4.42 Å². The van der Waals surface area contributed by atoms with Gasteiger partial charge in [0.1, 0.15) is 11.2 Å². The summed E-state index contributed by atoms with van der Waals surface area (Å²) in [6.45, 7) is 2.42. The van der Waals surface area contributed by atoms with Gasteiger partial charge in [-0.3, -0.25) is 0 Å². The topological polar surface area (TPSA) is 16.4 Å². The van der Waals surface area contributed by atoms with E-state index >= 15 is 0 Å². The van der Waals surface area contributed by atoms with E-state index in [9.17, 15) is 0 Å². The number of para-hydroxylation sites is 2. The van der Waals surface area contributed by atoms with Crippen molar-refractivity contribution < 1.29 is 4.42 Å². The van der Waals surface area contributed by atoms with Gasteiger partial charge in [-0.05, 0) is 105 Å². The molecule has 9 aromatic carbocycles. The first-order valence-electron chi connectivity index (χ1n) is 20.5. The maximum Gasteiger partial charge on any atom is 0.137 e. The molecule has 0 bridgehead atoms. The number of anilines is 3. The van der Waals surface area contributed by atoms with Crippen LogP contribution in [0.5, 0.6) is 0 Å². The van der Waals surface area contributed by atoms with Gasteiger partial charge in [-0.2, -0.15) is 0 Å². The lowest BCUT2D eigenvalue weighted by atomic mass is 9.67. The van der Waals surface area contributed by atoms with E-state index < -0.39 is 10.8 Å². The van der Waals surface area contributed by atoms with E-state index in [1.54, 1.807) is 0 Å². The molecule has 12 rings (SSSR count). The van der Waals surface area contributed by atoms with Crippen LogP contribution >= 0.6 is 0 Å². The highest BCUT2D eigenvalue weighted by Gasteiger charge is 2.47. The molecular weight excluding hydrogens is 715 g/mol. The first-order valence-corrected chi connectivity index (χ1v) is 20.5. The van der Waals surface area contributed by atoms with Crippen molar-refractivity contribution in [1.82, 2.24) is 0 Å². The van der Waals surface area contributed by atoms with Gasteiger partial charge in [-0.15, -0.1) is 0 Å². The van der Waals surface area contributed by atoms with Crippen molar-refractivity contribution in [2.24, 2.45) is 0 Å². The zero-order chi connectivity index (χ0) is 39.1. The summed E-state index contributed by atoms with van der Waals surface area (Å²) in [6, 6.07) is 80.2. The van der Waals surface area contributed by atoms with Crippen molar-refractivity contribution in [2.75, 3.05) is 4.90 Å². The molecule has 0 N–H and O–H groups in total. The minimum Gasteiger partial charge on any atom is -0.456 e. The Kier molecular flexibility index (Phi) is 7.31. The van der Waals surface area contributed by atoms with Gasteiger partial charge in [0.2, 0.25) is 0 Å². The first-order chi connectivity index (χ1) is 29.2. The number of furan rings is 1. The monoisotopic (exact) mass is 753 g/mol. The molecule has 1 heterocycles. The minimum atomic E-state index is -0.534. The molecule has 0 aliphatic heterocycles. The van der Waals surface area contributed by atoms with Crippen LogP contribution in [0, 0.1) is 0 Å². The van der Waals surface area contributed by atoms with E-state index in [0.29, 0.717) is 0 Å². The maximum absolute atomic E-state index is 6.74. The van der Waals surface area contributed by atoms with Gasteiger partial charge in [0.05, 0.1) is 11.1 Å². The first kappa shape index (κ1) is 33.7. The van der Waals surface area contributed by atoms with Crippen LogP contribution in [0.4, 0.5) is 17.1 Å². The third kappa shape index (κ3) is 4.69. The van der Waals surface area contributed by atoms with Gasteiger partial charge in [0.15, 0.2) is 0 Å². The van der Waals surface area contributed by atoms with E-state index in [-0.39, 0.29) is 0 Å². The van der Waals surface area contributed by atoms with Crippen molar-refractivity contribution in [3.63, 3.8) is 0 Å². The number of hydrogen-bond acceptors (Lipinski definition) is 2. The van der Waals surface area contributed by atoms with Gasteiger partial charge in [-0.1, -0.05) is 176 Å². The second kappa shape index (κ2) is 12.8. The predicted molar refractivity (Wildman–Crippen MR) is 243 cm³/mol. The molecule has 0 saturated heterocycles. The largest absolute Gasteiger partial charge is 0.456 e. The molecule has 10 aromatic rings. The number of fused-ring (bicyclic) bond motifs is 9. The summed E-state index contributed by atoms with van der Waals surface area (Å²) in [6.07, 6.45) is 0. The number of nitrogens with zero attached hydrogens (tertiary/aromatic N) is 1. The van der Waals surface area contributed by atoms with Crippen LogP contribution in [0.3, 0.4) is 0 Å². The zero-order valence-corrected chi connectivity index (χ0v) is 32.6. The molecule has 2 aliphatic rings. The fourth-order valence-electron chi connectivity index (χ4n) is 10.7. The Morgan fingerprint density at radius 3 is 1.51 bits per heavy atom. The molecule has 278 valence electrons. The van der Waals surface area contributed by atoms with Gasteiger partial charge in [0.25, 0.3) is 0 Å². The van der Waals surface area contributed by atoms with E-state index in [0.717, 1.165) is 39.0 Å². The fraction of sp³-hybridized carbons (Fsp3) is 0.0526. The van der Waals surface area contributed by atoms with Crippen LogP contribution in [0.1, 0.15) is 45.9 Å². The van der Waals surface area contributed by atoms with Crippen LogP contribution in [0.15, 0.2) is 223 Å². The van der Waals surface area contributed by atoms with E-state index in [2.05, 4.69) is 230 Å². The molecule has 0 atom stereocenters. The fourth-order valence-corrected chi connectivity index (χ4v) is 10.7. The lowest BCUT2D eigenvalue weighted by Crippen LogP contribution is -2.29. The van der Waals surface area contributed by atoms with E-state index in [1.807, 2.05) is 0 Å². The SMILES string of the molecule is CC1(c2cc3c(cc2N(c2ccccc2)c2ccc4c(c2)C(c2ccccc2)(c2ccccc2)c2ccccc2-4)oc2ccccc23)c2ccccc2-c2ccccc21. The van der Waals surface area contributed by atoms with Gasteiger partial charge in [0, 0.05) is 33.6 Å².